The lowest BCUT2D eigenvalue weighted by molar-refractivity contribution is -0.137. The Hall–Kier alpha value is -1.84. The highest BCUT2D eigenvalue weighted by Crippen LogP contribution is 2.30. The summed E-state index contributed by atoms with van der Waals surface area (Å²) in [5.41, 5.74) is 1.75. The molecule has 0 aromatic heterocycles. The Kier molecular flexibility index (Phi) is 3.65. The first-order chi connectivity index (χ1) is 8.58. The number of nitrogens with zero attached hydrogens (tertiary/aromatic N) is 1. The third-order valence-electron chi connectivity index (χ3n) is 3.36. The van der Waals surface area contributed by atoms with Crippen molar-refractivity contribution in [2.45, 2.75) is 26.2 Å². The number of hydrogen-bond donors (Lipinski definition) is 1. The van der Waals surface area contributed by atoms with Crippen LogP contribution in [-0.2, 0) is 9.59 Å². The van der Waals surface area contributed by atoms with Crippen LogP contribution in [0.2, 0.25) is 0 Å². The SMILES string of the molecule is Cc1ccc(N(CC(=O)O)C(=O)C2CCC2)cc1. The molecule has 1 amide bonds. The summed E-state index contributed by atoms with van der Waals surface area (Å²) in [6, 6.07) is 7.38. The van der Waals surface area contributed by atoms with Crippen molar-refractivity contribution in [2.24, 2.45) is 5.92 Å². The van der Waals surface area contributed by atoms with Crippen LogP contribution in [0.4, 0.5) is 5.69 Å². The molecule has 4 nitrogen and oxygen atoms in total. The minimum atomic E-state index is -0.983. The summed E-state index contributed by atoms with van der Waals surface area (Å²) in [6.07, 6.45) is 2.81. The molecule has 1 fully saturated rings. The van der Waals surface area contributed by atoms with Crippen molar-refractivity contribution in [3.8, 4) is 0 Å². The third kappa shape index (κ3) is 2.70. The van der Waals surface area contributed by atoms with E-state index < -0.39 is 5.97 Å². The normalized spacial score (nSPS) is 14.9. The van der Waals surface area contributed by atoms with Gasteiger partial charge in [-0.25, -0.2) is 0 Å². The van der Waals surface area contributed by atoms with Crippen molar-refractivity contribution in [3.05, 3.63) is 29.8 Å². The lowest BCUT2D eigenvalue weighted by Crippen LogP contribution is -2.41. The van der Waals surface area contributed by atoms with Crippen LogP contribution in [0.3, 0.4) is 0 Å². The van der Waals surface area contributed by atoms with Crippen molar-refractivity contribution in [1.82, 2.24) is 0 Å². The van der Waals surface area contributed by atoms with Gasteiger partial charge in [-0.2, -0.15) is 0 Å². The van der Waals surface area contributed by atoms with Gasteiger partial charge in [0.15, 0.2) is 0 Å². The minimum absolute atomic E-state index is 0.00523. The summed E-state index contributed by atoms with van der Waals surface area (Å²) < 4.78 is 0. The van der Waals surface area contributed by atoms with E-state index in [-0.39, 0.29) is 18.4 Å². The Morgan fingerprint density at radius 3 is 2.33 bits per heavy atom. The molecule has 1 aromatic rings. The molecule has 1 aliphatic rings. The molecule has 0 heterocycles. The molecular formula is C14H17NO3. The summed E-state index contributed by atoms with van der Waals surface area (Å²) in [7, 11) is 0. The molecule has 0 saturated heterocycles. The predicted octanol–water partition coefficient (Wildman–Crippen LogP) is 2.21. The number of aryl methyl sites for hydroxylation is 1. The zero-order valence-electron chi connectivity index (χ0n) is 10.4. The predicted molar refractivity (Wildman–Crippen MR) is 68.5 cm³/mol. The van der Waals surface area contributed by atoms with E-state index in [4.69, 9.17) is 5.11 Å². The molecule has 0 unspecified atom stereocenters. The molecule has 1 N–H and O–H groups in total. The lowest BCUT2D eigenvalue weighted by atomic mass is 9.84. The van der Waals surface area contributed by atoms with Crippen molar-refractivity contribution in [2.75, 3.05) is 11.4 Å². The lowest BCUT2D eigenvalue weighted by Gasteiger charge is -2.30. The summed E-state index contributed by atoms with van der Waals surface area (Å²) in [6.45, 7) is 1.69. The average molecular weight is 247 g/mol. The Balaban J connectivity index is 2.20. The van der Waals surface area contributed by atoms with Gasteiger partial charge in [-0.1, -0.05) is 24.1 Å². The summed E-state index contributed by atoms with van der Waals surface area (Å²) in [5.74, 6) is -1.04. The van der Waals surface area contributed by atoms with Crippen LogP contribution in [0, 0.1) is 12.8 Å². The molecular weight excluding hydrogens is 230 g/mol. The first-order valence-electron chi connectivity index (χ1n) is 6.18. The highest BCUT2D eigenvalue weighted by Gasteiger charge is 2.31. The van der Waals surface area contributed by atoms with E-state index in [2.05, 4.69) is 0 Å². The van der Waals surface area contributed by atoms with Crippen molar-refractivity contribution in [1.29, 1.82) is 0 Å². The molecule has 18 heavy (non-hydrogen) atoms. The highest BCUT2D eigenvalue weighted by atomic mass is 16.4. The Bertz CT molecular complexity index is 449. The minimum Gasteiger partial charge on any atom is -0.480 e. The molecule has 2 rings (SSSR count). The van der Waals surface area contributed by atoms with Crippen LogP contribution in [0.25, 0.3) is 0 Å². The second-order valence-corrected chi connectivity index (χ2v) is 4.78. The smallest absolute Gasteiger partial charge is 0.323 e. The molecule has 1 saturated carbocycles. The van der Waals surface area contributed by atoms with Crippen molar-refractivity contribution < 1.29 is 14.7 Å². The highest BCUT2D eigenvalue weighted by molar-refractivity contribution is 5.99. The number of anilines is 1. The van der Waals surface area contributed by atoms with Gasteiger partial charge in [-0.05, 0) is 31.9 Å². The summed E-state index contributed by atoms with van der Waals surface area (Å²) >= 11 is 0. The fraction of sp³-hybridized carbons (Fsp3) is 0.429. The van der Waals surface area contributed by atoms with Crippen LogP contribution in [0.1, 0.15) is 24.8 Å². The number of carboxylic acid groups (broad SMARTS) is 1. The number of rotatable bonds is 4. The number of aliphatic carboxylic acids is 1. The Morgan fingerprint density at radius 1 is 1.28 bits per heavy atom. The van der Waals surface area contributed by atoms with Crippen molar-refractivity contribution in [3.63, 3.8) is 0 Å². The molecule has 0 bridgehead atoms. The molecule has 4 heteroatoms. The van der Waals surface area contributed by atoms with Gasteiger partial charge in [-0.15, -0.1) is 0 Å². The Labute approximate surface area is 106 Å². The maximum Gasteiger partial charge on any atom is 0.323 e. The van der Waals surface area contributed by atoms with Gasteiger partial charge in [-0.3, -0.25) is 9.59 Å². The number of amides is 1. The van der Waals surface area contributed by atoms with E-state index in [9.17, 15) is 9.59 Å². The maximum atomic E-state index is 12.2. The van der Waals surface area contributed by atoms with Crippen molar-refractivity contribution >= 4 is 17.6 Å². The van der Waals surface area contributed by atoms with Gasteiger partial charge in [0.05, 0.1) is 0 Å². The van der Waals surface area contributed by atoms with E-state index in [1.165, 1.54) is 4.90 Å². The van der Waals surface area contributed by atoms with Crippen LogP contribution < -0.4 is 4.90 Å². The number of benzene rings is 1. The number of hydrogen-bond acceptors (Lipinski definition) is 2. The average Bonchev–Trinajstić information content (AvgIpc) is 2.24. The molecule has 0 aliphatic heterocycles. The van der Waals surface area contributed by atoms with Gasteiger partial charge >= 0.3 is 5.97 Å². The summed E-state index contributed by atoms with van der Waals surface area (Å²) in [5, 5.41) is 8.93. The third-order valence-corrected chi connectivity index (χ3v) is 3.36. The van der Waals surface area contributed by atoms with Crippen LogP contribution in [0.15, 0.2) is 24.3 Å². The van der Waals surface area contributed by atoms with Gasteiger partial charge in [0.2, 0.25) is 5.91 Å². The molecule has 0 radical (unpaired) electrons. The van der Waals surface area contributed by atoms with E-state index in [0.29, 0.717) is 5.69 Å². The Morgan fingerprint density at radius 2 is 1.89 bits per heavy atom. The molecule has 1 aromatic carbocycles. The standard InChI is InChI=1S/C14H17NO3/c1-10-5-7-12(8-6-10)15(9-13(16)17)14(18)11-3-2-4-11/h5-8,11H,2-4,9H2,1H3,(H,16,17). The first-order valence-corrected chi connectivity index (χ1v) is 6.18. The molecule has 0 atom stereocenters. The summed E-state index contributed by atoms with van der Waals surface area (Å²) in [4.78, 5) is 24.5. The second-order valence-electron chi connectivity index (χ2n) is 4.78. The maximum absolute atomic E-state index is 12.2. The topological polar surface area (TPSA) is 57.6 Å². The van der Waals surface area contributed by atoms with Crippen LogP contribution >= 0.6 is 0 Å². The fourth-order valence-electron chi connectivity index (χ4n) is 2.03. The number of carboxylic acids is 1. The van der Waals surface area contributed by atoms with Crippen LogP contribution in [-0.4, -0.2) is 23.5 Å². The number of carbonyl (C=O) groups excluding carboxylic acids is 1. The molecule has 0 spiro atoms. The van der Waals surface area contributed by atoms with E-state index in [0.717, 1.165) is 24.8 Å². The molecule has 96 valence electrons. The zero-order valence-corrected chi connectivity index (χ0v) is 10.4. The van der Waals surface area contributed by atoms with Gasteiger partial charge in [0, 0.05) is 11.6 Å². The monoisotopic (exact) mass is 247 g/mol. The van der Waals surface area contributed by atoms with Gasteiger partial charge < -0.3 is 10.0 Å². The zero-order chi connectivity index (χ0) is 13.1. The largest absolute Gasteiger partial charge is 0.480 e. The van der Waals surface area contributed by atoms with E-state index >= 15 is 0 Å². The first kappa shape index (κ1) is 12.6. The second kappa shape index (κ2) is 5.21. The van der Waals surface area contributed by atoms with Gasteiger partial charge in [0.25, 0.3) is 0 Å². The quantitative estimate of drug-likeness (QED) is 0.887. The van der Waals surface area contributed by atoms with E-state index in [1.54, 1.807) is 12.1 Å². The van der Waals surface area contributed by atoms with E-state index in [1.807, 2.05) is 19.1 Å². The van der Waals surface area contributed by atoms with Crippen LogP contribution in [0.5, 0.6) is 0 Å². The number of carbonyl (C=O) groups is 2. The van der Waals surface area contributed by atoms with Gasteiger partial charge in [0.1, 0.15) is 6.54 Å². The molecule has 1 aliphatic carbocycles. The fourth-order valence-corrected chi connectivity index (χ4v) is 2.03.